The molecule has 106 valence electrons. The first-order chi connectivity index (χ1) is 10.1. The number of nitrogens with one attached hydrogen (secondary N) is 1. The van der Waals surface area contributed by atoms with Gasteiger partial charge in [0.15, 0.2) is 11.3 Å². The number of hydrogen-bond donors (Lipinski definition) is 2. The van der Waals surface area contributed by atoms with E-state index in [-0.39, 0.29) is 23.3 Å². The zero-order valence-corrected chi connectivity index (χ0v) is 11.2. The van der Waals surface area contributed by atoms with E-state index >= 15 is 0 Å². The Morgan fingerprint density at radius 2 is 2.00 bits per heavy atom. The minimum atomic E-state index is -0.985. The molecular formula is C14H12N4O3. The molecule has 0 spiro atoms. The van der Waals surface area contributed by atoms with Crippen LogP contribution in [0.2, 0.25) is 0 Å². The maximum atomic E-state index is 12.5. The van der Waals surface area contributed by atoms with Crippen molar-refractivity contribution in [1.82, 2.24) is 19.8 Å². The number of carboxylic acid groups (broad SMARTS) is 1. The van der Waals surface area contributed by atoms with Crippen LogP contribution in [-0.4, -0.2) is 30.9 Å². The minimum Gasteiger partial charge on any atom is -0.481 e. The third-order valence-electron chi connectivity index (χ3n) is 3.24. The first-order valence-corrected chi connectivity index (χ1v) is 6.32. The Morgan fingerprint density at radius 1 is 1.29 bits per heavy atom. The normalized spacial score (nSPS) is 10.9. The van der Waals surface area contributed by atoms with Gasteiger partial charge in [-0.1, -0.05) is 30.3 Å². The lowest BCUT2D eigenvalue weighted by Gasteiger charge is -2.00. The van der Waals surface area contributed by atoms with Gasteiger partial charge in [0.1, 0.15) is 0 Å². The molecule has 2 N–H and O–H groups in total. The van der Waals surface area contributed by atoms with Crippen molar-refractivity contribution in [2.24, 2.45) is 0 Å². The van der Waals surface area contributed by atoms with E-state index in [1.807, 2.05) is 6.07 Å². The van der Waals surface area contributed by atoms with Crippen LogP contribution in [0.3, 0.4) is 0 Å². The first kappa shape index (κ1) is 13.0. The highest BCUT2D eigenvalue weighted by Crippen LogP contribution is 2.15. The Morgan fingerprint density at radius 3 is 2.67 bits per heavy atom. The van der Waals surface area contributed by atoms with E-state index in [9.17, 15) is 9.59 Å². The second-order valence-corrected chi connectivity index (χ2v) is 4.66. The van der Waals surface area contributed by atoms with Crippen molar-refractivity contribution in [2.45, 2.75) is 13.3 Å². The quantitative estimate of drug-likeness (QED) is 0.748. The van der Waals surface area contributed by atoms with E-state index in [2.05, 4.69) is 15.3 Å². The van der Waals surface area contributed by atoms with Crippen molar-refractivity contribution >= 4 is 11.6 Å². The van der Waals surface area contributed by atoms with E-state index in [0.717, 1.165) is 0 Å². The van der Waals surface area contributed by atoms with Crippen molar-refractivity contribution < 1.29 is 9.90 Å². The molecule has 0 amide bonds. The van der Waals surface area contributed by atoms with E-state index < -0.39 is 5.97 Å². The van der Waals surface area contributed by atoms with Crippen molar-refractivity contribution in [1.29, 1.82) is 0 Å². The molecule has 1 aromatic carbocycles. The minimum absolute atomic E-state index is 0.211. The zero-order chi connectivity index (χ0) is 15.0. The summed E-state index contributed by atoms with van der Waals surface area (Å²) in [5.41, 5.74) is 1.83. The van der Waals surface area contributed by atoms with E-state index in [1.165, 1.54) is 4.52 Å². The molecule has 2 aromatic heterocycles. The van der Waals surface area contributed by atoms with Crippen molar-refractivity contribution in [2.75, 3.05) is 0 Å². The largest absolute Gasteiger partial charge is 0.481 e. The number of benzene rings is 1. The Labute approximate surface area is 118 Å². The molecule has 0 atom stereocenters. The molecule has 21 heavy (non-hydrogen) atoms. The van der Waals surface area contributed by atoms with Crippen molar-refractivity contribution in [3.05, 3.63) is 51.9 Å². The van der Waals surface area contributed by atoms with Gasteiger partial charge in [-0.25, -0.2) is 0 Å². The lowest BCUT2D eigenvalue weighted by Crippen LogP contribution is -2.19. The molecule has 7 nitrogen and oxygen atoms in total. The number of carboxylic acids is 1. The number of rotatable bonds is 3. The number of hydrogen-bond acceptors (Lipinski definition) is 4. The van der Waals surface area contributed by atoms with Crippen LogP contribution in [0, 0.1) is 6.92 Å². The Hall–Kier alpha value is -2.96. The lowest BCUT2D eigenvalue weighted by atomic mass is 10.1. The summed E-state index contributed by atoms with van der Waals surface area (Å²) in [4.78, 5) is 23.3. The summed E-state index contributed by atoms with van der Waals surface area (Å²) >= 11 is 0. The Bertz CT molecular complexity index is 880. The number of aliphatic carboxylic acids is 1. The van der Waals surface area contributed by atoms with Crippen LogP contribution in [0.1, 0.15) is 11.3 Å². The number of nitrogens with zero attached hydrogens (tertiary/aromatic N) is 3. The maximum Gasteiger partial charge on any atom is 0.308 e. The van der Waals surface area contributed by atoms with Crippen LogP contribution in [0.4, 0.5) is 0 Å². The average molecular weight is 284 g/mol. The van der Waals surface area contributed by atoms with Gasteiger partial charge in [-0.05, 0) is 6.92 Å². The SMILES string of the molecule is Cc1[nH]n2c(=O)c(-c3ccccc3)nnc2c1CC(=O)O. The fraction of sp³-hybridized carbons (Fsp3) is 0.143. The fourth-order valence-electron chi connectivity index (χ4n) is 2.23. The van der Waals surface area contributed by atoms with E-state index in [4.69, 9.17) is 5.11 Å². The number of aromatic amines is 1. The van der Waals surface area contributed by atoms with Crippen molar-refractivity contribution in [3.8, 4) is 11.3 Å². The fourth-order valence-corrected chi connectivity index (χ4v) is 2.23. The molecule has 7 heteroatoms. The summed E-state index contributed by atoms with van der Waals surface area (Å²) in [5, 5.41) is 19.7. The van der Waals surface area contributed by atoms with Gasteiger partial charge < -0.3 is 5.11 Å². The van der Waals surface area contributed by atoms with Crippen molar-refractivity contribution in [3.63, 3.8) is 0 Å². The summed E-state index contributed by atoms with van der Waals surface area (Å²) < 4.78 is 1.24. The van der Waals surface area contributed by atoms with Gasteiger partial charge in [-0.15, -0.1) is 10.2 Å². The summed E-state index contributed by atoms with van der Waals surface area (Å²) in [6.07, 6.45) is -0.211. The second-order valence-electron chi connectivity index (χ2n) is 4.66. The molecule has 0 unspecified atom stereocenters. The van der Waals surface area contributed by atoms with Gasteiger partial charge >= 0.3 is 5.97 Å². The highest BCUT2D eigenvalue weighted by atomic mass is 16.4. The highest BCUT2D eigenvalue weighted by Gasteiger charge is 2.17. The van der Waals surface area contributed by atoms with Crippen LogP contribution in [0.5, 0.6) is 0 Å². The van der Waals surface area contributed by atoms with Gasteiger partial charge in [0, 0.05) is 16.8 Å². The summed E-state index contributed by atoms with van der Waals surface area (Å²) in [5.74, 6) is -0.985. The van der Waals surface area contributed by atoms with E-state index in [1.54, 1.807) is 31.2 Å². The average Bonchev–Trinajstić information content (AvgIpc) is 2.77. The van der Waals surface area contributed by atoms with Gasteiger partial charge in [-0.2, -0.15) is 4.52 Å². The smallest absolute Gasteiger partial charge is 0.308 e. The number of carbonyl (C=O) groups is 1. The zero-order valence-electron chi connectivity index (χ0n) is 11.2. The van der Waals surface area contributed by atoms with Crippen LogP contribution in [0.25, 0.3) is 16.9 Å². The van der Waals surface area contributed by atoms with Gasteiger partial charge in [0.2, 0.25) is 0 Å². The highest BCUT2D eigenvalue weighted by molar-refractivity contribution is 5.74. The van der Waals surface area contributed by atoms with E-state index in [0.29, 0.717) is 16.8 Å². The predicted octanol–water partition coefficient (Wildman–Crippen LogP) is 1.02. The molecule has 0 bridgehead atoms. The van der Waals surface area contributed by atoms with Crippen LogP contribution >= 0.6 is 0 Å². The van der Waals surface area contributed by atoms with Gasteiger partial charge in [0.05, 0.1) is 6.42 Å². The second kappa shape index (κ2) is 4.86. The molecule has 0 fully saturated rings. The molecule has 0 aliphatic heterocycles. The summed E-state index contributed by atoms with van der Waals surface area (Å²) in [7, 11) is 0. The Balaban J connectivity index is 2.24. The molecule has 0 saturated heterocycles. The lowest BCUT2D eigenvalue weighted by molar-refractivity contribution is -0.136. The molecule has 2 heterocycles. The molecule has 0 aliphatic carbocycles. The number of aryl methyl sites for hydroxylation is 1. The molecular weight excluding hydrogens is 272 g/mol. The molecule has 3 rings (SSSR count). The maximum absolute atomic E-state index is 12.5. The molecule has 0 aliphatic rings. The van der Waals surface area contributed by atoms with Gasteiger partial charge in [0.25, 0.3) is 5.56 Å². The molecule has 0 radical (unpaired) electrons. The predicted molar refractivity (Wildman–Crippen MR) is 75.1 cm³/mol. The summed E-state index contributed by atoms with van der Waals surface area (Å²) in [6, 6.07) is 9.00. The number of aromatic nitrogens is 4. The molecule has 3 aromatic rings. The Kier molecular flexibility index (Phi) is 3.02. The summed E-state index contributed by atoms with van der Waals surface area (Å²) in [6.45, 7) is 1.70. The third kappa shape index (κ3) is 2.18. The number of fused-ring (bicyclic) bond motifs is 1. The van der Waals surface area contributed by atoms with Gasteiger partial charge in [-0.3, -0.25) is 14.7 Å². The first-order valence-electron chi connectivity index (χ1n) is 6.32. The van der Waals surface area contributed by atoms with Crippen LogP contribution in [0.15, 0.2) is 35.1 Å². The topological polar surface area (TPSA) is 100 Å². The molecule has 0 saturated carbocycles. The van der Waals surface area contributed by atoms with Crippen LogP contribution in [-0.2, 0) is 11.2 Å². The van der Waals surface area contributed by atoms with Crippen LogP contribution < -0.4 is 5.56 Å². The standard InChI is InChI=1S/C14H12N4O3/c1-8-10(7-11(19)20)13-16-15-12(14(21)18(13)17-8)9-5-3-2-4-6-9/h2-6,17H,7H2,1H3,(H,19,20). The monoisotopic (exact) mass is 284 g/mol. The third-order valence-corrected chi connectivity index (χ3v) is 3.24. The number of H-pyrrole nitrogens is 1.